The van der Waals surface area contributed by atoms with Crippen LogP contribution in [0.1, 0.15) is 27.2 Å². The van der Waals surface area contributed by atoms with Crippen LogP contribution in [0, 0.1) is 5.41 Å². The number of nitrogens with two attached hydrogens (primary N) is 1. The minimum absolute atomic E-state index is 0.236. The first-order chi connectivity index (χ1) is 6.51. The lowest BCUT2D eigenvalue weighted by molar-refractivity contribution is 0.0559. The first-order valence-corrected chi connectivity index (χ1v) is 5.55. The van der Waals surface area contributed by atoms with Gasteiger partial charge >= 0.3 is 0 Å². The van der Waals surface area contributed by atoms with Gasteiger partial charge in [-0.2, -0.15) is 0 Å². The van der Waals surface area contributed by atoms with Crippen LogP contribution in [0.25, 0.3) is 0 Å². The summed E-state index contributed by atoms with van der Waals surface area (Å²) in [5.74, 6) is 0. The molecule has 0 aromatic heterocycles. The molecule has 0 amide bonds. The third kappa shape index (κ3) is 4.40. The van der Waals surface area contributed by atoms with Crippen molar-refractivity contribution >= 4 is 0 Å². The van der Waals surface area contributed by atoms with Crippen molar-refractivity contribution in [3.63, 3.8) is 0 Å². The maximum atomic E-state index is 5.65. The van der Waals surface area contributed by atoms with Crippen molar-refractivity contribution in [3.8, 4) is 0 Å². The maximum Gasteiger partial charge on any atom is 0.0823 e. The molecule has 1 unspecified atom stereocenters. The molecule has 1 rings (SSSR count). The van der Waals surface area contributed by atoms with Crippen molar-refractivity contribution in [2.24, 2.45) is 11.1 Å². The predicted molar refractivity (Wildman–Crippen MR) is 59.3 cm³/mol. The van der Waals surface area contributed by atoms with Gasteiger partial charge in [-0.1, -0.05) is 20.8 Å². The number of ether oxygens (including phenoxy) is 1. The van der Waals surface area contributed by atoms with E-state index in [1.165, 1.54) is 0 Å². The van der Waals surface area contributed by atoms with E-state index in [0.717, 1.165) is 32.7 Å². The van der Waals surface area contributed by atoms with E-state index in [1.54, 1.807) is 0 Å². The van der Waals surface area contributed by atoms with Crippen molar-refractivity contribution in [2.45, 2.75) is 33.3 Å². The van der Waals surface area contributed by atoms with E-state index in [4.69, 9.17) is 10.5 Å². The molecule has 0 spiro atoms. The molecular formula is C11H24N2O. The molecule has 14 heavy (non-hydrogen) atoms. The van der Waals surface area contributed by atoms with Gasteiger partial charge in [-0.3, -0.25) is 0 Å². The molecule has 0 bridgehead atoms. The summed E-state index contributed by atoms with van der Waals surface area (Å²) in [7, 11) is 0. The summed E-state index contributed by atoms with van der Waals surface area (Å²) in [6.07, 6.45) is 1.37. The molecule has 1 saturated heterocycles. The molecule has 0 aliphatic carbocycles. The van der Waals surface area contributed by atoms with E-state index >= 15 is 0 Å². The van der Waals surface area contributed by atoms with Crippen molar-refractivity contribution < 1.29 is 4.74 Å². The average Bonchev–Trinajstić information content (AvgIpc) is 2.26. The average molecular weight is 200 g/mol. The molecule has 0 saturated carbocycles. The summed E-state index contributed by atoms with van der Waals surface area (Å²) in [4.78, 5) is 2.48. The normalized spacial score (nSPS) is 26.1. The standard InChI is InChI=1S/C11H24N2O/c1-11(2,3)9-13-5-4-6-14-10(7-12)8-13/h10H,4-9,12H2,1-3H3. The van der Waals surface area contributed by atoms with E-state index < -0.39 is 0 Å². The number of hydrogen-bond donors (Lipinski definition) is 1. The third-order valence-corrected chi connectivity index (χ3v) is 2.39. The Morgan fingerprint density at radius 3 is 2.71 bits per heavy atom. The van der Waals surface area contributed by atoms with E-state index in [1.807, 2.05) is 0 Å². The fraction of sp³-hybridized carbons (Fsp3) is 1.00. The molecular weight excluding hydrogens is 176 g/mol. The van der Waals surface area contributed by atoms with Gasteiger partial charge in [0.15, 0.2) is 0 Å². The Labute approximate surface area is 87.6 Å². The Hall–Kier alpha value is -0.120. The summed E-state index contributed by atoms with van der Waals surface area (Å²) in [6, 6.07) is 0. The molecule has 0 aromatic carbocycles. The molecule has 1 atom stereocenters. The maximum absolute atomic E-state index is 5.65. The van der Waals surface area contributed by atoms with Crippen LogP contribution < -0.4 is 5.73 Å². The lowest BCUT2D eigenvalue weighted by Crippen LogP contribution is -2.40. The van der Waals surface area contributed by atoms with Gasteiger partial charge in [0, 0.05) is 32.8 Å². The van der Waals surface area contributed by atoms with Crippen LogP contribution in [0.2, 0.25) is 0 Å². The van der Waals surface area contributed by atoms with Crippen LogP contribution in [-0.2, 0) is 4.74 Å². The zero-order chi connectivity index (χ0) is 10.6. The lowest BCUT2D eigenvalue weighted by Gasteiger charge is -2.30. The minimum Gasteiger partial charge on any atom is -0.376 e. The highest BCUT2D eigenvalue weighted by atomic mass is 16.5. The van der Waals surface area contributed by atoms with Gasteiger partial charge < -0.3 is 15.4 Å². The van der Waals surface area contributed by atoms with Gasteiger partial charge in [0.05, 0.1) is 6.10 Å². The fourth-order valence-electron chi connectivity index (χ4n) is 1.93. The minimum atomic E-state index is 0.236. The fourth-order valence-corrected chi connectivity index (χ4v) is 1.93. The highest BCUT2D eigenvalue weighted by Gasteiger charge is 2.21. The van der Waals surface area contributed by atoms with Crippen molar-refractivity contribution in [2.75, 3.05) is 32.8 Å². The van der Waals surface area contributed by atoms with Gasteiger partial charge in [0.2, 0.25) is 0 Å². The monoisotopic (exact) mass is 200 g/mol. The van der Waals surface area contributed by atoms with E-state index in [-0.39, 0.29) is 6.10 Å². The molecule has 0 radical (unpaired) electrons. The predicted octanol–water partition coefficient (Wildman–Crippen LogP) is 1.08. The van der Waals surface area contributed by atoms with Crippen molar-refractivity contribution in [1.29, 1.82) is 0 Å². The Bertz CT molecular complexity index is 165. The molecule has 84 valence electrons. The van der Waals surface area contributed by atoms with Crippen LogP contribution in [0.15, 0.2) is 0 Å². The first-order valence-electron chi connectivity index (χ1n) is 5.55. The van der Waals surface area contributed by atoms with Crippen LogP contribution in [-0.4, -0.2) is 43.8 Å². The molecule has 3 nitrogen and oxygen atoms in total. The van der Waals surface area contributed by atoms with Crippen molar-refractivity contribution in [3.05, 3.63) is 0 Å². The Morgan fingerprint density at radius 2 is 2.14 bits per heavy atom. The summed E-state index contributed by atoms with van der Waals surface area (Å²) >= 11 is 0. The van der Waals surface area contributed by atoms with Crippen LogP contribution >= 0.6 is 0 Å². The topological polar surface area (TPSA) is 38.5 Å². The summed E-state index contributed by atoms with van der Waals surface area (Å²) in [5.41, 5.74) is 6.01. The molecule has 1 aliphatic heterocycles. The largest absolute Gasteiger partial charge is 0.376 e. The lowest BCUT2D eigenvalue weighted by atomic mass is 9.96. The Morgan fingerprint density at radius 1 is 1.43 bits per heavy atom. The van der Waals surface area contributed by atoms with E-state index in [9.17, 15) is 0 Å². The second kappa shape index (κ2) is 5.10. The number of rotatable bonds is 2. The van der Waals surface area contributed by atoms with E-state index in [0.29, 0.717) is 12.0 Å². The second-order valence-electron chi connectivity index (χ2n) is 5.38. The summed E-state index contributed by atoms with van der Waals surface area (Å²) in [6.45, 7) is 11.6. The van der Waals surface area contributed by atoms with Crippen LogP contribution in [0.4, 0.5) is 0 Å². The third-order valence-electron chi connectivity index (χ3n) is 2.39. The zero-order valence-corrected chi connectivity index (χ0v) is 9.75. The van der Waals surface area contributed by atoms with Gasteiger partial charge in [-0.05, 0) is 11.8 Å². The molecule has 1 heterocycles. The first kappa shape index (κ1) is 12.0. The van der Waals surface area contributed by atoms with Gasteiger partial charge in [-0.25, -0.2) is 0 Å². The van der Waals surface area contributed by atoms with Gasteiger partial charge in [-0.15, -0.1) is 0 Å². The molecule has 3 heteroatoms. The van der Waals surface area contributed by atoms with Crippen LogP contribution in [0.3, 0.4) is 0 Å². The Balaban J connectivity index is 2.43. The molecule has 1 fully saturated rings. The SMILES string of the molecule is CC(C)(C)CN1CCCOC(CN)C1. The highest BCUT2D eigenvalue weighted by molar-refractivity contribution is 4.75. The zero-order valence-electron chi connectivity index (χ0n) is 9.75. The quantitative estimate of drug-likeness (QED) is 0.725. The van der Waals surface area contributed by atoms with Crippen molar-refractivity contribution in [1.82, 2.24) is 4.90 Å². The molecule has 0 aromatic rings. The number of nitrogens with zero attached hydrogens (tertiary/aromatic N) is 1. The van der Waals surface area contributed by atoms with Crippen LogP contribution in [0.5, 0.6) is 0 Å². The summed E-state index contributed by atoms with van der Waals surface area (Å²) < 4.78 is 5.63. The van der Waals surface area contributed by atoms with E-state index in [2.05, 4.69) is 25.7 Å². The smallest absolute Gasteiger partial charge is 0.0823 e. The molecule has 1 aliphatic rings. The van der Waals surface area contributed by atoms with Gasteiger partial charge in [0.25, 0.3) is 0 Å². The molecule has 2 N–H and O–H groups in total. The number of hydrogen-bond acceptors (Lipinski definition) is 3. The summed E-state index contributed by atoms with van der Waals surface area (Å²) in [5, 5.41) is 0. The highest BCUT2D eigenvalue weighted by Crippen LogP contribution is 2.17. The Kier molecular flexibility index (Phi) is 4.35. The second-order valence-corrected chi connectivity index (χ2v) is 5.38. The van der Waals surface area contributed by atoms with Gasteiger partial charge in [0.1, 0.15) is 0 Å².